The fourth-order valence-electron chi connectivity index (χ4n) is 1.97. The van der Waals surface area contributed by atoms with Gasteiger partial charge in [-0.05, 0) is 31.4 Å². The number of halogens is 1. The van der Waals surface area contributed by atoms with Gasteiger partial charge < -0.3 is 15.8 Å². The molecule has 0 aliphatic rings. The van der Waals surface area contributed by atoms with E-state index in [1.54, 1.807) is 13.0 Å². The maximum absolute atomic E-state index is 13.7. The van der Waals surface area contributed by atoms with Crippen LogP contribution in [0.3, 0.4) is 0 Å². The molecule has 0 aliphatic carbocycles. The third kappa shape index (κ3) is 4.81. The molecule has 0 aromatic heterocycles. The molecule has 1 rings (SSSR count). The van der Waals surface area contributed by atoms with Crippen LogP contribution in [0.5, 0.6) is 5.75 Å². The van der Waals surface area contributed by atoms with Gasteiger partial charge in [0.1, 0.15) is 0 Å². The molecule has 0 aliphatic heterocycles. The summed E-state index contributed by atoms with van der Waals surface area (Å²) in [6.45, 7) is 6.53. The lowest BCUT2D eigenvalue weighted by atomic mass is 9.96. The van der Waals surface area contributed by atoms with Crippen LogP contribution < -0.4 is 15.8 Å². The standard InChI is InChI=1S/C15H23FN2O2/c1-4-20-14-6-5-12(8-13(14)16)18-15(19)11(9-17)7-10(2)3/h5-6,8,10-11H,4,7,9,17H2,1-3H3,(H,18,19). The molecule has 1 amide bonds. The Bertz CT molecular complexity index is 449. The second kappa shape index (κ2) is 7.85. The van der Waals surface area contributed by atoms with Crippen molar-refractivity contribution in [1.82, 2.24) is 0 Å². The van der Waals surface area contributed by atoms with Gasteiger partial charge in [0.2, 0.25) is 5.91 Å². The van der Waals surface area contributed by atoms with E-state index in [9.17, 15) is 9.18 Å². The molecule has 0 saturated heterocycles. The van der Waals surface area contributed by atoms with E-state index in [0.717, 1.165) is 0 Å². The largest absolute Gasteiger partial charge is 0.491 e. The topological polar surface area (TPSA) is 64.3 Å². The number of carbonyl (C=O) groups is 1. The summed E-state index contributed by atoms with van der Waals surface area (Å²) < 4.78 is 18.8. The Balaban J connectivity index is 2.72. The highest BCUT2D eigenvalue weighted by molar-refractivity contribution is 5.92. The highest BCUT2D eigenvalue weighted by Crippen LogP contribution is 2.22. The minimum Gasteiger partial charge on any atom is -0.491 e. The van der Waals surface area contributed by atoms with Crippen LogP contribution in [0.2, 0.25) is 0 Å². The lowest BCUT2D eigenvalue weighted by Crippen LogP contribution is -2.30. The van der Waals surface area contributed by atoms with E-state index in [0.29, 0.717) is 24.6 Å². The summed E-state index contributed by atoms with van der Waals surface area (Å²) in [5.41, 5.74) is 6.03. The Morgan fingerprint density at radius 1 is 1.45 bits per heavy atom. The molecule has 3 N–H and O–H groups in total. The molecule has 0 saturated carbocycles. The predicted molar refractivity (Wildman–Crippen MR) is 78.2 cm³/mol. The maximum Gasteiger partial charge on any atom is 0.228 e. The van der Waals surface area contributed by atoms with Gasteiger partial charge in [0, 0.05) is 18.3 Å². The SMILES string of the molecule is CCOc1ccc(NC(=O)C(CN)CC(C)C)cc1F. The Labute approximate surface area is 119 Å². The van der Waals surface area contributed by atoms with Crippen molar-refractivity contribution >= 4 is 11.6 Å². The van der Waals surface area contributed by atoms with E-state index in [1.807, 2.05) is 13.8 Å². The average molecular weight is 282 g/mol. The van der Waals surface area contributed by atoms with Crippen molar-refractivity contribution in [3.63, 3.8) is 0 Å². The highest BCUT2D eigenvalue weighted by Gasteiger charge is 2.18. The molecule has 1 atom stereocenters. The lowest BCUT2D eigenvalue weighted by molar-refractivity contribution is -0.120. The third-order valence-electron chi connectivity index (χ3n) is 2.91. The zero-order valence-corrected chi connectivity index (χ0v) is 12.3. The molecule has 0 fully saturated rings. The zero-order chi connectivity index (χ0) is 15.1. The molecule has 0 spiro atoms. The molecule has 5 heteroatoms. The highest BCUT2D eigenvalue weighted by atomic mass is 19.1. The van der Waals surface area contributed by atoms with Gasteiger partial charge in [-0.3, -0.25) is 4.79 Å². The number of nitrogens with two attached hydrogens (primary N) is 1. The Morgan fingerprint density at radius 3 is 2.65 bits per heavy atom. The zero-order valence-electron chi connectivity index (χ0n) is 12.3. The number of ether oxygens (including phenoxy) is 1. The van der Waals surface area contributed by atoms with Gasteiger partial charge in [-0.25, -0.2) is 4.39 Å². The number of carbonyl (C=O) groups excluding carboxylic acids is 1. The molecule has 1 unspecified atom stereocenters. The van der Waals surface area contributed by atoms with Crippen molar-refractivity contribution < 1.29 is 13.9 Å². The first-order chi connectivity index (χ1) is 9.47. The number of hydrogen-bond acceptors (Lipinski definition) is 3. The molecule has 0 radical (unpaired) electrons. The van der Waals surface area contributed by atoms with Crippen LogP contribution in [-0.2, 0) is 4.79 Å². The van der Waals surface area contributed by atoms with Crippen molar-refractivity contribution in [3.05, 3.63) is 24.0 Å². The summed E-state index contributed by atoms with van der Waals surface area (Å²) in [4.78, 5) is 12.1. The number of rotatable bonds is 7. The van der Waals surface area contributed by atoms with Crippen LogP contribution in [-0.4, -0.2) is 19.1 Å². The summed E-state index contributed by atoms with van der Waals surface area (Å²) in [5.74, 6) is -0.360. The van der Waals surface area contributed by atoms with Crippen LogP contribution in [0.1, 0.15) is 27.2 Å². The van der Waals surface area contributed by atoms with Crippen LogP contribution >= 0.6 is 0 Å². The van der Waals surface area contributed by atoms with E-state index >= 15 is 0 Å². The minimum atomic E-state index is -0.488. The number of anilines is 1. The molecule has 20 heavy (non-hydrogen) atoms. The summed E-state index contributed by atoms with van der Waals surface area (Å²) in [6.07, 6.45) is 0.710. The fraction of sp³-hybridized carbons (Fsp3) is 0.533. The number of benzene rings is 1. The van der Waals surface area contributed by atoms with Gasteiger partial charge >= 0.3 is 0 Å². The smallest absolute Gasteiger partial charge is 0.228 e. The lowest BCUT2D eigenvalue weighted by Gasteiger charge is -2.17. The number of amides is 1. The fourth-order valence-corrected chi connectivity index (χ4v) is 1.97. The molecule has 0 heterocycles. The Kier molecular flexibility index (Phi) is 6.45. The van der Waals surface area contributed by atoms with E-state index < -0.39 is 5.82 Å². The monoisotopic (exact) mass is 282 g/mol. The van der Waals surface area contributed by atoms with Crippen molar-refractivity contribution in [2.24, 2.45) is 17.6 Å². The van der Waals surface area contributed by atoms with Crippen molar-refractivity contribution in [2.45, 2.75) is 27.2 Å². The molecular weight excluding hydrogens is 259 g/mol. The number of nitrogens with one attached hydrogen (secondary N) is 1. The average Bonchev–Trinajstić information content (AvgIpc) is 2.39. The molecule has 1 aromatic rings. The van der Waals surface area contributed by atoms with Crippen molar-refractivity contribution in [1.29, 1.82) is 0 Å². The Hall–Kier alpha value is -1.62. The van der Waals surface area contributed by atoms with Gasteiger partial charge in [-0.2, -0.15) is 0 Å². The summed E-state index contributed by atoms with van der Waals surface area (Å²) in [7, 11) is 0. The van der Waals surface area contributed by atoms with Gasteiger partial charge in [-0.15, -0.1) is 0 Å². The van der Waals surface area contributed by atoms with E-state index in [-0.39, 0.29) is 24.1 Å². The number of hydrogen-bond donors (Lipinski definition) is 2. The molecule has 1 aromatic carbocycles. The minimum absolute atomic E-state index is 0.176. The van der Waals surface area contributed by atoms with Crippen molar-refractivity contribution in [3.8, 4) is 5.75 Å². The van der Waals surface area contributed by atoms with E-state index in [1.165, 1.54) is 12.1 Å². The second-order valence-corrected chi connectivity index (χ2v) is 5.13. The first-order valence-electron chi connectivity index (χ1n) is 6.91. The summed E-state index contributed by atoms with van der Waals surface area (Å²) >= 11 is 0. The third-order valence-corrected chi connectivity index (χ3v) is 2.91. The van der Waals surface area contributed by atoms with Crippen molar-refractivity contribution in [2.75, 3.05) is 18.5 Å². The summed E-state index contributed by atoms with van der Waals surface area (Å²) in [6, 6.07) is 4.38. The predicted octanol–water partition coefficient (Wildman–Crippen LogP) is 2.78. The molecular formula is C15H23FN2O2. The second-order valence-electron chi connectivity index (χ2n) is 5.13. The van der Waals surface area contributed by atoms with Gasteiger partial charge in [0.15, 0.2) is 11.6 Å². The maximum atomic E-state index is 13.7. The summed E-state index contributed by atoms with van der Waals surface area (Å²) in [5, 5.41) is 2.69. The van der Waals surface area contributed by atoms with Gasteiger partial charge in [-0.1, -0.05) is 13.8 Å². The first kappa shape index (κ1) is 16.4. The van der Waals surface area contributed by atoms with E-state index in [4.69, 9.17) is 10.5 Å². The van der Waals surface area contributed by atoms with Crippen LogP contribution in [0, 0.1) is 17.7 Å². The normalized spacial score (nSPS) is 12.3. The molecule has 0 bridgehead atoms. The van der Waals surface area contributed by atoms with Crippen LogP contribution in [0.15, 0.2) is 18.2 Å². The van der Waals surface area contributed by atoms with Crippen LogP contribution in [0.25, 0.3) is 0 Å². The quantitative estimate of drug-likeness (QED) is 0.808. The first-order valence-corrected chi connectivity index (χ1v) is 6.91. The van der Waals surface area contributed by atoms with E-state index in [2.05, 4.69) is 5.32 Å². The Morgan fingerprint density at radius 2 is 2.15 bits per heavy atom. The van der Waals surface area contributed by atoms with Gasteiger partial charge in [0.25, 0.3) is 0 Å². The molecule has 4 nitrogen and oxygen atoms in total. The molecule has 112 valence electrons. The van der Waals surface area contributed by atoms with Gasteiger partial charge in [0.05, 0.1) is 12.5 Å². The van der Waals surface area contributed by atoms with Crippen LogP contribution in [0.4, 0.5) is 10.1 Å².